The zero-order valence-electron chi connectivity index (χ0n) is 14.0. The van der Waals surface area contributed by atoms with E-state index in [-0.39, 0.29) is 18.4 Å². The minimum absolute atomic E-state index is 0.0351. The number of rotatable bonds is 7. The van der Waals surface area contributed by atoms with Crippen molar-refractivity contribution in [2.24, 2.45) is 0 Å². The molecule has 0 saturated heterocycles. The molecule has 1 aromatic heterocycles. The van der Waals surface area contributed by atoms with E-state index in [0.717, 1.165) is 3.77 Å². The third-order valence-corrected chi connectivity index (χ3v) is 3.95. The molecule has 0 aliphatic rings. The predicted molar refractivity (Wildman–Crippen MR) is 104 cm³/mol. The van der Waals surface area contributed by atoms with Gasteiger partial charge in [-0.15, -0.1) is 0 Å². The summed E-state index contributed by atoms with van der Waals surface area (Å²) in [5.74, 6) is 0.714. The van der Waals surface area contributed by atoms with Crippen molar-refractivity contribution in [2.75, 3.05) is 25.5 Å². The monoisotopic (exact) mass is 454 g/mol. The molecule has 1 N–H and O–H groups in total. The number of nitrogens with zero attached hydrogens (tertiary/aromatic N) is 1. The lowest BCUT2D eigenvalue weighted by molar-refractivity contribution is -0.130. The van der Waals surface area contributed by atoms with Gasteiger partial charge in [0.2, 0.25) is 11.8 Å². The lowest BCUT2D eigenvalue weighted by Crippen LogP contribution is -2.36. The fourth-order valence-electron chi connectivity index (χ4n) is 2.10. The highest BCUT2D eigenvalue weighted by atomic mass is 127. The van der Waals surface area contributed by atoms with Gasteiger partial charge in [0.25, 0.3) is 0 Å². The second kappa shape index (κ2) is 9.26. The Morgan fingerprint density at radius 3 is 2.76 bits per heavy atom. The summed E-state index contributed by atoms with van der Waals surface area (Å²) in [5.41, 5.74) is 0.619. The molecular weight excluding hydrogens is 435 g/mol. The molecule has 0 spiro atoms. The van der Waals surface area contributed by atoms with Gasteiger partial charge in [0.05, 0.1) is 7.11 Å². The Balaban J connectivity index is 1.94. The number of carbonyl (C=O) groups excluding carboxylic acids is 2. The molecule has 0 unspecified atom stereocenters. The molecule has 6 nitrogen and oxygen atoms in total. The van der Waals surface area contributed by atoms with E-state index in [0.29, 0.717) is 23.7 Å². The van der Waals surface area contributed by atoms with Crippen LogP contribution in [0.4, 0.5) is 5.69 Å². The predicted octanol–water partition coefficient (Wildman–Crippen LogP) is 3.39. The summed E-state index contributed by atoms with van der Waals surface area (Å²) in [6.45, 7) is 2.21. The fourth-order valence-corrected chi connectivity index (χ4v) is 2.53. The molecule has 2 aromatic rings. The van der Waals surface area contributed by atoms with Crippen molar-refractivity contribution in [3.8, 4) is 5.75 Å². The molecule has 1 heterocycles. The van der Waals surface area contributed by atoms with Crippen molar-refractivity contribution in [2.45, 2.75) is 6.92 Å². The van der Waals surface area contributed by atoms with E-state index in [1.807, 2.05) is 13.0 Å². The maximum Gasteiger partial charge on any atom is 0.247 e. The number of nitrogens with one attached hydrogen (secondary N) is 1. The molecular formula is C18H19IN2O4. The normalized spacial score (nSPS) is 10.7. The van der Waals surface area contributed by atoms with Crippen molar-refractivity contribution >= 4 is 46.2 Å². The van der Waals surface area contributed by atoms with Crippen molar-refractivity contribution in [1.82, 2.24) is 4.90 Å². The molecule has 0 radical (unpaired) electrons. The summed E-state index contributed by atoms with van der Waals surface area (Å²) < 4.78 is 11.2. The van der Waals surface area contributed by atoms with E-state index in [1.54, 1.807) is 43.5 Å². The van der Waals surface area contributed by atoms with E-state index in [9.17, 15) is 9.59 Å². The Morgan fingerprint density at radius 1 is 1.32 bits per heavy atom. The zero-order valence-corrected chi connectivity index (χ0v) is 16.1. The summed E-state index contributed by atoms with van der Waals surface area (Å²) in [6.07, 6.45) is 2.99. The molecule has 0 aliphatic heterocycles. The number of furan rings is 1. The lowest BCUT2D eigenvalue weighted by Gasteiger charge is -2.18. The number of ether oxygens (including phenoxy) is 1. The average Bonchev–Trinajstić information content (AvgIpc) is 3.03. The smallest absolute Gasteiger partial charge is 0.247 e. The van der Waals surface area contributed by atoms with Gasteiger partial charge in [0, 0.05) is 24.4 Å². The van der Waals surface area contributed by atoms with E-state index >= 15 is 0 Å². The van der Waals surface area contributed by atoms with Crippen LogP contribution in [-0.2, 0) is 9.59 Å². The molecule has 2 amide bonds. The highest BCUT2D eigenvalue weighted by Gasteiger charge is 2.13. The molecule has 0 saturated carbocycles. The first kappa shape index (κ1) is 19.0. The number of hydrogen-bond donors (Lipinski definition) is 1. The number of carbonyl (C=O) groups is 2. The maximum atomic E-state index is 12.2. The molecule has 25 heavy (non-hydrogen) atoms. The number of methoxy groups -OCH3 is 1. The van der Waals surface area contributed by atoms with E-state index < -0.39 is 0 Å². The second-order valence-corrected chi connectivity index (χ2v) is 6.17. The molecule has 1 aromatic carbocycles. The Kier molecular flexibility index (Phi) is 7.05. The van der Waals surface area contributed by atoms with Crippen LogP contribution in [0.25, 0.3) is 6.08 Å². The molecule has 0 fully saturated rings. The zero-order chi connectivity index (χ0) is 18.2. The van der Waals surface area contributed by atoms with Crippen molar-refractivity contribution in [3.63, 3.8) is 0 Å². The first-order valence-electron chi connectivity index (χ1n) is 7.68. The summed E-state index contributed by atoms with van der Waals surface area (Å²) in [6, 6.07) is 10.6. The van der Waals surface area contributed by atoms with E-state index in [4.69, 9.17) is 9.15 Å². The Morgan fingerprint density at radius 2 is 2.12 bits per heavy atom. The van der Waals surface area contributed by atoms with Crippen molar-refractivity contribution in [1.29, 1.82) is 0 Å². The van der Waals surface area contributed by atoms with Gasteiger partial charge < -0.3 is 19.4 Å². The SMILES string of the molecule is CCN(CC(=O)Nc1cccc(OC)c1)C(=O)/C=C/c1ccc(I)o1. The van der Waals surface area contributed by atoms with Crippen LogP contribution >= 0.6 is 22.6 Å². The molecule has 7 heteroatoms. The Labute approximate surface area is 160 Å². The van der Waals surface area contributed by atoms with Crippen LogP contribution in [0.3, 0.4) is 0 Å². The van der Waals surface area contributed by atoms with Gasteiger partial charge in [-0.25, -0.2) is 0 Å². The van der Waals surface area contributed by atoms with Crippen LogP contribution in [0.5, 0.6) is 5.75 Å². The van der Waals surface area contributed by atoms with Crippen LogP contribution in [0, 0.1) is 3.77 Å². The Bertz CT molecular complexity index is 770. The summed E-state index contributed by atoms with van der Waals surface area (Å²) in [7, 11) is 1.56. The first-order chi connectivity index (χ1) is 12.0. The lowest BCUT2D eigenvalue weighted by atomic mass is 10.3. The topological polar surface area (TPSA) is 71.8 Å². The largest absolute Gasteiger partial charge is 0.497 e. The average molecular weight is 454 g/mol. The van der Waals surface area contributed by atoms with E-state index in [2.05, 4.69) is 27.9 Å². The molecule has 2 rings (SSSR count). The van der Waals surface area contributed by atoms with E-state index in [1.165, 1.54) is 11.0 Å². The van der Waals surface area contributed by atoms with Crippen LogP contribution in [0.15, 0.2) is 46.9 Å². The molecule has 0 bridgehead atoms. The number of halogens is 1. The summed E-state index contributed by atoms with van der Waals surface area (Å²) >= 11 is 2.05. The highest BCUT2D eigenvalue weighted by molar-refractivity contribution is 14.1. The van der Waals surface area contributed by atoms with Crippen LogP contribution in [0.2, 0.25) is 0 Å². The number of hydrogen-bond acceptors (Lipinski definition) is 4. The number of likely N-dealkylation sites (N-methyl/N-ethyl adjacent to an activating group) is 1. The van der Waals surface area contributed by atoms with Gasteiger partial charge in [-0.05, 0) is 59.9 Å². The Hall–Kier alpha value is -2.29. The van der Waals surface area contributed by atoms with Crippen molar-refractivity contribution in [3.05, 3.63) is 52.0 Å². The third kappa shape index (κ3) is 5.93. The highest BCUT2D eigenvalue weighted by Crippen LogP contribution is 2.16. The standard InChI is InChI=1S/C18H19IN2O4/c1-3-21(18(23)10-8-14-7-9-16(19)25-14)12-17(22)20-13-5-4-6-15(11-13)24-2/h4-11H,3,12H2,1-2H3,(H,20,22)/b10-8+. The maximum absolute atomic E-state index is 12.2. The van der Waals surface area contributed by atoms with Crippen molar-refractivity contribution < 1.29 is 18.7 Å². The van der Waals surface area contributed by atoms with Gasteiger partial charge in [-0.2, -0.15) is 0 Å². The minimum atomic E-state index is -0.274. The van der Waals surface area contributed by atoms with Crippen LogP contribution < -0.4 is 10.1 Å². The van der Waals surface area contributed by atoms with Gasteiger partial charge in [0.1, 0.15) is 18.1 Å². The van der Waals surface area contributed by atoms with Gasteiger partial charge in [-0.1, -0.05) is 6.07 Å². The molecule has 0 atom stereocenters. The fraction of sp³-hybridized carbons (Fsp3) is 0.222. The van der Waals surface area contributed by atoms with Gasteiger partial charge in [-0.3, -0.25) is 9.59 Å². The number of benzene rings is 1. The summed E-state index contributed by atoms with van der Waals surface area (Å²) in [5, 5.41) is 2.76. The number of anilines is 1. The minimum Gasteiger partial charge on any atom is -0.497 e. The van der Waals surface area contributed by atoms with Gasteiger partial charge in [0.15, 0.2) is 3.77 Å². The second-order valence-electron chi connectivity index (χ2n) is 5.11. The third-order valence-electron chi connectivity index (χ3n) is 3.37. The summed E-state index contributed by atoms with van der Waals surface area (Å²) in [4.78, 5) is 25.9. The van der Waals surface area contributed by atoms with Gasteiger partial charge >= 0.3 is 0 Å². The quantitative estimate of drug-likeness (QED) is 0.515. The first-order valence-corrected chi connectivity index (χ1v) is 8.76. The molecule has 132 valence electrons. The number of amides is 2. The molecule has 0 aliphatic carbocycles. The van der Waals surface area contributed by atoms with Crippen LogP contribution in [0.1, 0.15) is 12.7 Å². The van der Waals surface area contributed by atoms with Crippen LogP contribution in [-0.4, -0.2) is 36.9 Å².